The normalized spacial score (nSPS) is 11.6. The Labute approximate surface area is 154 Å². The molecule has 0 aliphatic carbocycles. The van der Waals surface area contributed by atoms with Crippen molar-refractivity contribution in [1.29, 1.82) is 0 Å². The Morgan fingerprint density at radius 1 is 1.07 bits per heavy atom. The first kappa shape index (κ1) is 16.6. The second-order valence-corrected chi connectivity index (χ2v) is 5.97. The number of aliphatic hydroxyl groups excluding tert-OH is 1. The van der Waals surface area contributed by atoms with Gasteiger partial charge in [-0.1, -0.05) is 48.5 Å². The Morgan fingerprint density at radius 2 is 1.85 bits per heavy atom. The minimum Gasteiger partial charge on any atom is -0.507 e. The maximum absolute atomic E-state index is 12.2. The van der Waals surface area contributed by atoms with Crippen LogP contribution < -0.4 is 0 Å². The number of allylic oxidation sites excluding steroid dienone is 1. The average Bonchev–Trinajstić information content (AvgIpc) is 3.23. The summed E-state index contributed by atoms with van der Waals surface area (Å²) < 4.78 is 0. The largest absolute Gasteiger partial charge is 0.507 e. The number of hydrogen-bond acceptors (Lipinski definition) is 6. The molecule has 0 atom stereocenters. The summed E-state index contributed by atoms with van der Waals surface area (Å²) in [7, 11) is 0. The van der Waals surface area contributed by atoms with Crippen molar-refractivity contribution < 1.29 is 9.90 Å². The zero-order chi connectivity index (χ0) is 18.6. The van der Waals surface area contributed by atoms with Gasteiger partial charge in [0.25, 0.3) is 0 Å². The Morgan fingerprint density at radius 3 is 2.63 bits per heavy atom. The number of hydrogen-bond donors (Lipinski definition) is 2. The summed E-state index contributed by atoms with van der Waals surface area (Å²) in [5.41, 5.74) is 3.05. The number of aromatic nitrogens is 5. The highest BCUT2D eigenvalue weighted by molar-refractivity contribution is 6.05. The molecule has 0 bridgehead atoms. The van der Waals surface area contributed by atoms with Gasteiger partial charge in [-0.25, -0.2) is 0 Å². The molecule has 0 unspecified atom stereocenters. The van der Waals surface area contributed by atoms with E-state index in [9.17, 15) is 9.90 Å². The van der Waals surface area contributed by atoms with Crippen molar-refractivity contribution in [3.8, 4) is 0 Å². The molecule has 0 saturated heterocycles. The third kappa shape index (κ3) is 3.57. The summed E-state index contributed by atoms with van der Waals surface area (Å²) in [6.07, 6.45) is 1.61. The smallest absolute Gasteiger partial charge is 0.244 e. The van der Waals surface area contributed by atoms with Crippen LogP contribution in [-0.4, -0.2) is 36.5 Å². The lowest BCUT2D eigenvalue weighted by molar-refractivity contribution is 0.103. The van der Waals surface area contributed by atoms with Gasteiger partial charge in [0.1, 0.15) is 5.76 Å². The molecular weight excluding hydrogens is 342 g/mol. The van der Waals surface area contributed by atoms with E-state index in [0.717, 1.165) is 22.5 Å². The number of carbonyl (C=O) groups excluding carboxylic acids is 1. The number of H-pyrrole nitrogens is 1. The van der Waals surface area contributed by atoms with Crippen molar-refractivity contribution in [2.75, 3.05) is 0 Å². The number of ketones is 1. The maximum Gasteiger partial charge on any atom is 0.244 e. The molecule has 2 N–H and O–H groups in total. The highest BCUT2D eigenvalue weighted by Gasteiger charge is 2.15. The number of nitrogens with zero attached hydrogens (tertiary/aromatic N) is 4. The van der Waals surface area contributed by atoms with Gasteiger partial charge in [0.15, 0.2) is 0 Å². The van der Waals surface area contributed by atoms with Crippen molar-refractivity contribution in [3.63, 3.8) is 0 Å². The lowest BCUT2D eigenvalue weighted by Gasteiger charge is -2.10. The number of carbonyl (C=O) groups is 1. The molecule has 4 aromatic rings. The highest BCUT2D eigenvalue weighted by atomic mass is 16.3. The van der Waals surface area contributed by atoms with Crippen LogP contribution in [0.25, 0.3) is 16.7 Å². The Balaban J connectivity index is 1.79. The summed E-state index contributed by atoms with van der Waals surface area (Å²) in [5, 5.41) is 24.3. The monoisotopic (exact) mass is 357 g/mol. The van der Waals surface area contributed by atoms with Crippen LogP contribution in [0.2, 0.25) is 0 Å². The zero-order valence-corrected chi connectivity index (χ0v) is 14.2. The van der Waals surface area contributed by atoms with E-state index < -0.39 is 5.78 Å². The molecule has 0 amide bonds. The number of fused-ring (bicyclic) bond motifs is 1. The third-order valence-electron chi connectivity index (χ3n) is 4.13. The van der Waals surface area contributed by atoms with Crippen LogP contribution >= 0.6 is 0 Å². The molecule has 132 valence electrons. The number of tetrazole rings is 1. The molecule has 2 aromatic heterocycles. The molecule has 7 heteroatoms. The second kappa shape index (κ2) is 7.17. The molecule has 2 aromatic carbocycles. The Kier molecular flexibility index (Phi) is 4.40. The number of aliphatic hydroxyl groups is 1. The predicted octanol–water partition coefficient (Wildman–Crippen LogP) is 3.12. The predicted molar refractivity (Wildman–Crippen MR) is 100 cm³/mol. The van der Waals surface area contributed by atoms with Crippen molar-refractivity contribution in [3.05, 3.63) is 89.4 Å². The standard InChI is InChI=1S/C20H15N5O2/c26-18(12-19(27)20-22-24-25-23-20)15-11-14-8-4-5-9-16(14)21-17(15)10-13-6-2-1-3-7-13/h1-9,11-12,26H,10H2,(H,22,23,24,25). The van der Waals surface area contributed by atoms with E-state index in [4.69, 9.17) is 4.98 Å². The van der Waals surface area contributed by atoms with E-state index in [1.54, 1.807) is 0 Å². The first-order chi connectivity index (χ1) is 13.2. The minimum atomic E-state index is -0.542. The average molecular weight is 357 g/mol. The SMILES string of the molecule is O=C(C=C(O)c1cc2ccccc2nc1Cc1ccccc1)c1nn[nH]n1. The van der Waals surface area contributed by atoms with Crippen LogP contribution in [0.4, 0.5) is 0 Å². The molecule has 27 heavy (non-hydrogen) atoms. The van der Waals surface area contributed by atoms with E-state index in [-0.39, 0.29) is 11.6 Å². The number of aromatic amines is 1. The van der Waals surface area contributed by atoms with Gasteiger partial charge in [-0.2, -0.15) is 5.21 Å². The maximum atomic E-state index is 12.2. The van der Waals surface area contributed by atoms with Crippen LogP contribution in [0.1, 0.15) is 27.4 Å². The molecule has 2 heterocycles. The van der Waals surface area contributed by atoms with Gasteiger partial charge in [-0.05, 0) is 22.9 Å². The lowest BCUT2D eigenvalue weighted by atomic mass is 10.0. The number of rotatable bonds is 5. The van der Waals surface area contributed by atoms with Crippen LogP contribution in [0.15, 0.2) is 66.7 Å². The summed E-state index contributed by atoms with van der Waals surface area (Å²) in [4.78, 5) is 16.9. The fourth-order valence-electron chi connectivity index (χ4n) is 2.83. The number of benzene rings is 2. The molecule has 0 aliphatic heterocycles. The molecule has 0 fully saturated rings. The fraction of sp³-hybridized carbons (Fsp3) is 0.0500. The molecular formula is C20H15N5O2. The number of para-hydroxylation sites is 1. The highest BCUT2D eigenvalue weighted by Crippen LogP contribution is 2.24. The summed E-state index contributed by atoms with van der Waals surface area (Å²) in [6.45, 7) is 0. The van der Waals surface area contributed by atoms with Gasteiger partial charge in [-0.3, -0.25) is 9.78 Å². The van der Waals surface area contributed by atoms with Crippen molar-refractivity contribution in [2.24, 2.45) is 0 Å². The molecule has 0 saturated carbocycles. The molecule has 7 nitrogen and oxygen atoms in total. The van der Waals surface area contributed by atoms with Crippen molar-refractivity contribution in [2.45, 2.75) is 6.42 Å². The summed E-state index contributed by atoms with van der Waals surface area (Å²) in [6, 6.07) is 19.3. The first-order valence-electron chi connectivity index (χ1n) is 8.32. The third-order valence-corrected chi connectivity index (χ3v) is 4.13. The summed E-state index contributed by atoms with van der Waals surface area (Å²) >= 11 is 0. The Hall–Kier alpha value is -3.87. The first-order valence-corrected chi connectivity index (χ1v) is 8.32. The summed E-state index contributed by atoms with van der Waals surface area (Å²) in [5.74, 6) is -0.839. The van der Waals surface area contributed by atoms with Crippen LogP contribution in [0, 0.1) is 0 Å². The lowest BCUT2D eigenvalue weighted by Crippen LogP contribution is -2.03. The number of pyridine rings is 1. The van der Waals surface area contributed by atoms with E-state index in [1.807, 2.05) is 60.7 Å². The minimum absolute atomic E-state index is 0.111. The quantitative estimate of drug-likeness (QED) is 0.323. The van der Waals surface area contributed by atoms with Gasteiger partial charge in [-0.15, -0.1) is 10.2 Å². The van der Waals surface area contributed by atoms with E-state index >= 15 is 0 Å². The molecule has 0 aliphatic rings. The zero-order valence-electron chi connectivity index (χ0n) is 14.2. The van der Waals surface area contributed by atoms with Gasteiger partial charge >= 0.3 is 0 Å². The van der Waals surface area contributed by atoms with Gasteiger partial charge in [0.05, 0.1) is 11.2 Å². The van der Waals surface area contributed by atoms with E-state index in [0.29, 0.717) is 17.7 Å². The second-order valence-electron chi connectivity index (χ2n) is 5.97. The molecule has 0 radical (unpaired) electrons. The van der Waals surface area contributed by atoms with Gasteiger partial charge < -0.3 is 5.11 Å². The molecule has 4 rings (SSSR count). The molecule has 0 spiro atoms. The van der Waals surface area contributed by atoms with Crippen molar-refractivity contribution in [1.82, 2.24) is 25.6 Å². The van der Waals surface area contributed by atoms with Crippen LogP contribution in [0.3, 0.4) is 0 Å². The van der Waals surface area contributed by atoms with Crippen molar-refractivity contribution >= 4 is 22.4 Å². The topological polar surface area (TPSA) is 105 Å². The Bertz CT molecular complexity index is 1120. The van der Waals surface area contributed by atoms with E-state index in [1.165, 1.54) is 0 Å². The van der Waals surface area contributed by atoms with Crippen LogP contribution in [0.5, 0.6) is 0 Å². The number of nitrogens with one attached hydrogen (secondary N) is 1. The van der Waals surface area contributed by atoms with Crippen LogP contribution in [-0.2, 0) is 6.42 Å². The fourth-order valence-corrected chi connectivity index (χ4v) is 2.83. The van der Waals surface area contributed by atoms with E-state index in [2.05, 4.69) is 20.6 Å². The van der Waals surface area contributed by atoms with Gasteiger partial charge in [0, 0.05) is 23.4 Å². The van der Waals surface area contributed by atoms with Gasteiger partial charge in [0.2, 0.25) is 11.6 Å².